The van der Waals surface area contributed by atoms with Crippen molar-refractivity contribution in [3.8, 4) is 11.3 Å². The molecule has 0 saturated carbocycles. The smallest absolute Gasteiger partial charge is 0.207 e. The predicted molar refractivity (Wildman–Crippen MR) is 102 cm³/mol. The first-order valence-electron chi connectivity index (χ1n) is 8.11. The Morgan fingerprint density at radius 1 is 1.00 bits per heavy atom. The highest BCUT2D eigenvalue weighted by Gasteiger charge is 2.30. The Labute approximate surface area is 161 Å². The first-order valence-corrected chi connectivity index (χ1v) is 8.87. The molecule has 4 nitrogen and oxygen atoms in total. The lowest BCUT2D eigenvalue weighted by atomic mass is 10.1. The molecule has 0 saturated heterocycles. The summed E-state index contributed by atoms with van der Waals surface area (Å²) in [5, 5.41) is 3.09. The number of furan rings is 1. The lowest BCUT2D eigenvalue weighted by molar-refractivity contribution is -0.131. The maximum atomic E-state index is 6.27. The number of halogens is 2. The van der Waals surface area contributed by atoms with E-state index >= 15 is 0 Å². The molecule has 0 radical (unpaired) electrons. The molecule has 2 heterocycles. The fraction of sp³-hybridized carbons (Fsp3) is 0.100. The van der Waals surface area contributed by atoms with E-state index in [2.05, 4.69) is 0 Å². The molecule has 0 aliphatic carbocycles. The van der Waals surface area contributed by atoms with Gasteiger partial charge in [0.25, 0.3) is 0 Å². The molecule has 0 amide bonds. The van der Waals surface area contributed by atoms with Crippen molar-refractivity contribution in [2.24, 2.45) is 5.73 Å². The fourth-order valence-corrected chi connectivity index (χ4v) is 3.30. The second-order valence-electron chi connectivity index (χ2n) is 5.98. The molecule has 3 aromatic rings. The maximum absolute atomic E-state index is 6.27. The standard InChI is InChI=1S/C20H16Cl2N2O2/c21-15-6-3-5-13(10-15)18-8-9-19(25-18)17-11-20(23)26-24(17)12-14-4-1-2-7-16(14)22/h1-11,17H,12,23H2. The normalized spacial score (nSPS) is 17.2. The van der Waals surface area contributed by atoms with Crippen LogP contribution in [0.2, 0.25) is 10.0 Å². The number of nitrogens with zero attached hydrogens (tertiary/aromatic N) is 1. The number of nitrogens with two attached hydrogens (primary N) is 1. The second kappa shape index (κ2) is 7.08. The molecule has 2 N–H and O–H groups in total. The lowest BCUT2D eigenvalue weighted by Crippen LogP contribution is -2.23. The SMILES string of the molecule is NC1=CC(c2ccc(-c3cccc(Cl)c3)o2)N(Cc2ccccc2Cl)O1. The van der Waals surface area contributed by atoms with Gasteiger partial charge in [-0.15, -0.1) is 5.06 Å². The van der Waals surface area contributed by atoms with Crippen LogP contribution in [0.15, 0.2) is 77.0 Å². The minimum Gasteiger partial charge on any atom is -0.459 e. The zero-order chi connectivity index (χ0) is 18.1. The van der Waals surface area contributed by atoms with E-state index in [1.807, 2.05) is 66.7 Å². The highest BCUT2D eigenvalue weighted by Crippen LogP contribution is 2.35. The summed E-state index contributed by atoms with van der Waals surface area (Å²) >= 11 is 12.3. The molecule has 132 valence electrons. The van der Waals surface area contributed by atoms with Gasteiger partial charge in [-0.05, 0) is 35.9 Å². The monoisotopic (exact) mass is 386 g/mol. The Kier molecular flexibility index (Phi) is 4.64. The van der Waals surface area contributed by atoms with E-state index in [4.69, 9.17) is 38.2 Å². The highest BCUT2D eigenvalue weighted by atomic mass is 35.5. The van der Waals surface area contributed by atoms with Crippen LogP contribution in [0.5, 0.6) is 0 Å². The van der Waals surface area contributed by atoms with Gasteiger partial charge in [0.05, 0.1) is 6.54 Å². The average Bonchev–Trinajstić information content (AvgIpc) is 3.24. The van der Waals surface area contributed by atoms with Crippen molar-refractivity contribution in [2.45, 2.75) is 12.6 Å². The molecular formula is C20H16Cl2N2O2. The number of hydrogen-bond donors (Lipinski definition) is 1. The maximum Gasteiger partial charge on any atom is 0.207 e. The Morgan fingerprint density at radius 3 is 2.65 bits per heavy atom. The Hall–Kier alpha value is -2.40. The zero-order valence-corrected chi connectivity index (χ0v) is 15.2. The fourth-order valence-electron chi connectivity index (χ4n) is 2.92. The Balaban J connectivity index is 1.60. The van der Waals surface area contributed by atoms with E-state index in [0.29, 0.717) is 22.5 Å². The van der Waals surface area contributed by atoms with Crippen molar-refractivity contribution in [1.82, 2.24) is 5.06 Å². The van der Waals surface area contributed by atoms with Gasteiger partial charge in [-0.25, -0.2) is 0 Å². The van der Waals surface area contributed by atoms with Gasteiger partial charge >= 0.3 is 0 Å². The molecule has 4 rings (SSSR count). The van der Waals surface area contributed by atoms with Gasteiger partial charge in [-0.2, -0.15) is 0 Å². The highest BCUT2D eigenvalue weighted by molar-refractivity contribution is 6.31. The van der Waals surface area contributed by atoms with E-state index in [-0.39, 0.29) is 6.04 Å². The summed E-state index contributed by atoms with van der Waals surface area (Å²) in [5.74, 6) is 1.80. The van der Waals surface area contributed by atoms with E-state index in [9.17, 15) is 0 Å². The summed E-state index contributed by atoms with van der Waals surface area (Å²) in [5.41, 5.74) is 7.75. The summed E-state index contributed by atoms with van der Waals surface area (Å²) in [4.78, 5) is 5.65. The van der Waals surface area contributed by atoms with Crippen molar-refractivity contribution in [3.05, 3.63) is 94.0 Å². The number of rotatable bonds is 4. The molecule has 0 spiro atoms. The molecule has 1 atom stereocenters. The van der Waals surface area contributed by atoms with E-state index in [1.165, 1.54) is 0 Å². The van der Waals surface area contributed by atoms with Gasteiger partial charge in [0.2, 0.25) is 5.88 Å². The molecule has 26 heavy (non-hydrogen) atoms. The van der Waals surface area contributed by atoms with Crippen LogP contribution in [-0.2, 0) is 11.4 Å². The van der Waals surface area contributed by atoms with Gasteiger partial charge < -0.3 is 15.0 Å². The van der Waals surface area contributed by atoms with Gasteiger partial charge in [0.1, 0.15) is 17.6 Å². The van der Waals surface area contributed by atoms with Crippen LogP contribution < -0.4 is 5.73 Å². The van der Waals surface area contributed by atoms with E-state index in [0.717, 1.165) is 22.6 Å². The van der Waals surface area contributed by atoms with Crippen molar-refractivity contribution < 1.29 is 9.25 Å². The molecule has 2 aromatic carbocycles. The zero-order valence-electron chi connectivity index (χ0n) is 13.7. The Morgan fingerprint density at radius 2 is 1.85 bits per heavy atom. The van der Waals surface area contributed by atoms with Gasteiger partial charge in [0.15, 0.2) is 0 Å². The van der Waals surface area contributed by atoms with Crippen LogP contribution in [0.1, 0.15) is 17.4 Å². The van der Waals surface area contributed by atoms with E-state index < -0.39 is 0 Å². The lowest BCUT2D eigenvalue weighted by Gasteiger charge is -2.21. The van der Waals surface area contributed by atoms with Crippen molar-refractivity contribution in [3.63, 3.8) is 0 Å². The molecular weight excluding hydrogens is 371 g/mol. The number of hydroxylamine groups is 2. The van der Waals surface area contributed by atoms with Gasteiger partial charge in [-0.3, -0.25) is 0 Å². The quantitative estimate of drug-likeness (QED) is 0.639. The third-order valence-electron chi connectivity index (χ3n) is 4.17. The Bertz CT molecular complexity index is 968. The molecule has 6 heteroatoms. The minimum absolute atomic E-state index is 0.237. The molecule has 1 aliphatic rings. The first-order chi connectivity index (χ1) is 12.6. The summed E-state index contributed by atoms with van der Waals surface area (Å²) < 4.78 is 6.04. The van der Waals surface area contributed by atoms with Gasteiger partial charge in [0, 0.05) is 21.7 Å². The van der Waals surface area contributed by atoms with Crippen molar-refractivity contribution in [1.29, 1.82) is 0 Å². The summed E-state index contributed by atoms with van der Waals surface area (Å²) in [6.07, 6.45) is 1.82. The van der Waals surface area contributed by atoms with E-state index in [1.54, 1.807) is 5.06 Å². The van der Waals surface area contributed by atoms with Crippen LogP contribution in [0.3, 0.4) is 0 Å². The predicted octanol–water partition coefficient (Wildman–Crippen LogP) is 5.54. The molecule has 0 bridgehead atoms. The molecule has 0 fully saturated rings. The number of benzene rings is 2. The second-order valence-corrected chi connectivity index (χ2v) is 6.83. The third-order valence-corrected chi connectivity index (χ3v) is 4.77. The molecule has 1 aliphatic heterocycles. The number of hydrogen-bond acceptors (Lipinski definition) is 4. The summed E-state index contributed by atoms with van der Waals surface area (Å²) in [6, 6.07) is 18.8. The summed E-state index contributed by atoms with van der Waals surface area (Å²) in [7, 11) is 0. The van der Waals surface area contributed by atoms with Crippen LogP contribution in [0.4, 0.5) is 0 Å². The third kappa shape index (κ3) is 3.44. The van der Waals surface area contributed by atoms with Gasteiger partial charge in [-0.1, -0.05) is 53.5 Å². The summed E-state index contributed by atoms with van der Waals surface area (Å²) in [6.45, 7) is 0.481. The van der Waals surface area contributed by atoms with Crippen LogP contribution in [-0.4, -0.2) is 5.06 Å². The topological polar surface area (TPSA) is 51.6 Å². The van der Waals surface area contributed by atoms with Crippen LogP contribution in [0, 0.1) is 0 Å². The molecule has 1 unspecified atom stereocenters. The van der Waals surface area contributed by atoms with Crippen LogP contribution >= 0.6 is 23.2 Å². The van der Waals surface area contributed by atoms with Crippen molar-refractivity contribution >= 4 is 23.2 Å². The largest absolute Gasteiger partial charge is 0.459 e. The minimum atomic E-state index is -0.237. The van der Waals surface area contributed by atoms with Crippen molar-refractivity contribution in [2.75, 3.05) is 0 Å². The van der Waals surface area contributed by atoms with Crippen LogP contribution in [0.25, 0.3) is 11.3 Å². The average molecular weight is 387 g/mol. The molecule has 1 aromatic heterocycles. The first kappa shape index (κ1) is 17.0.